The molecule has 0 atom stereocenters. The van der Waals surface area contributed by atoms with Crippen LogP contribution in [0.5, 0.6) is 23.0 Å². The van der Waals surface area contributed by atoms with E-state index in [0.717, 1.165) is 16.7 Å². The van der Waals surface area contributed by atoms with Crippen molar-refractivity contribution < 1.29 is 28.5 Å². The highest BCUT2D eigenvalue weighted by Crippen LogP contribution is 2.40. The van der Waals surface area contributed by atoms with Gasteiger partial charge < -0.3 is 23.7 Å². The van der Waals surface area contributed by atoms with Crippen molar-refractivity contribution in [2.75, 3.05) is 14.2 Å². The number of hydrogen-bond acceptors (Lipinski definition) is 6. The van der Waals surface area contributed by atoms with Crippen molar-refractivity contribution in [2.24, 2.45) is 0 Å². The van der Waals surface area contributed by atoms with Gasteiger partial charge in [0.25, 0.3) is 0 Å². The summed E-state index contributed by atoms with van der Waals surface area (Å²) in [5, 5.41) is 0. The van der Waals surface area contributed by atoms with E-state index in [-0.39, 0.29) is 0 Å². The molecule has 39 heavy (non-hydrogen) atoms. The Morgan fingerprint density at radius 1 is 0.667 bits per heavy atom. The monoisotopic (exact) mass is 526 g/mol. The van der Waals surface area contributed by atoms with Gasteiger partial charge in [-0.1, -0.05) is 66.7 Å². The predicted octanol–water partition coefficient (Wildman–Crippen LogP) is 7.48. The van der Waals surface area contributed by atoms with Gasteiger partial charge in [0.1, 0.15) is 35.9 Å². The molecule has 0 aliphatic rings. The molecule has 0 amide bonds. The minimum absolute atomic E-state index is 0.306. The maximum atomic E-state index is 13.4. The van der Waals surface area contributed by atoms with Crippen LogP contribution in [0.2, 0.25) is 0 Å². The smallest absolute Gasteiger partial charge is 0.343 e. The van der Waals surface area contributed by atoms with Crippen molar-refractivity contribution in [3.05, 3.63) is 108 Å². The lowest BCUT2D eigenvalue weighted by atomic mass is 9.97. The standard InChI is InChI=1S/C33H34O6/c1-33(2,3)39-32(34)31-27(19-26(35-4)20-30(31)36-5)25-16-17-28(37-21-23-12-8-6-9-13-23)29(18-25)38-22-24-14-10-7-11-15-24/h6-20H,21-22H2,1-5H3. The molecule has 0 spiro atoms. The lowest BCUT2D eigenvalue weighted by molar-refractivity contribution is 0.00674. The Balaban J connectivity index is 1.77. The number of benzene rings is 4. The lowest BCUT2D eigenvalue weighted by Crippen LogP contribution is -2.24. The summed E-state index contributed by atoms with van der Waals surface area (Å²) in [5.74, 6) is 1.55. The molecule has 6 nitrogen and oxygen atoms in total. The molecule has 0 unspecified atom stereocenters. The molecule has 202 valence electrons. The van der Waals surface area contributed by atoms with Crippen molar-refractivity contribution in [3.8, 4) is 34.1 Å². The van der Waals surface area contributed by atoms with E-state index >= 15 is 0 Å². The highest BCUT2D eigenvalue weighted by molar-refractivity contribution is 6.01. The minimum atomic E-state index is -0.682. The Labute approximate surface area is 230 Å². The summed E-state index contributed by atoms with van der Waals surface area (Å²) in [6, 6.07) is 28.9. The van der Waals surface area contributed by atoms with E-state index in [1.165, 1.54) is 7.11 Å². The number of carbonyl (C=O) groups excluding carboxylic acids is 1. The largest absolute Gasteiger partial charge is 0.497 e. The molecule has 0 aliphatic heterocycles. The van der Waals surface area contributed by atoms with E-state index in [1.807, 2.05) is 99.6 Å². The second-order valence-electron chi connectivity index (χ2n) is 9.96. The normalized spacial score (nSPS) is 11.0. The van der Waals surface area contributed by atoms with E-state index in [2.05, 4.69) is 0 Å². The van der Waals surface area contributed by atoms with Crippen molar-refractivity contribution >= 4 is 5.97 Å². The van der Waals surface area contributed by atoms with Crippen LogP contribution in [0.15, 0.2) is 91.0 Å². The average Bonchev–Trinajstić information content (AvgIpc) is 2.94. The molecular formula is C33H34O6. The third kappa shape index (κ3) is 7.32. The van der Waals surface area contributed by atoms with Crippen LogP contribution in [0, 0.1) is 0 Å². The summed E-state index contributed by atoms with van der Waals surface area (Å²) < 4.78 is 29.3. The van der Waals surface area contributed by atoms with Gasteiger partial charge in [-0.2, -0.15) is 0 Å². The van der Waals surface area contributed by atoms with E-state index in [1.54, 1.807) is 19.2 Å². The molecule has 0 aliphatic carbocycles. The van der Waals surface area contributed by atoms with E-state index in [9.17, 15) is 4.79 Å². The SMILES string of the molecule is COc1cc(OC)c(C(=O)OC(C)(C)C)c(-c2ccc(OCc3ccccc3)c(OCc3ccccc3)c2)c1. The Morgan fingerprint density at radius 3 is 1.79 bits per heavy atom. The summed E-state index contributed by atoms with van der Waals surface area (Å²) in [6.07, 6.45) is 0. The number of ether oxygens (including phenoxy) is 5. The molecule has 0 saturated carbocycles. The Morgan fingerprint density at radius 2 is 1.26 bits per heavy atom. The number of esters is 1. The first-order valence-corrected chi connectivity index (χ1v) is 12.7. The van der Waals surface area contributed by atoms with Gasteiger partial charge in [-0.3, -0.25) is 0 Å². The van der Waals surface area contributed by atoms with E-state index in [0.29, 0.717) is 47.3 Å². The van der Waals surface area contributed by atoms with Gasteiger partial charge in [-0.05, 0) is 55.7 Å². The zero-order chi connectivity index (χ0) is 27.8. The van der Waals surface area contributed by atoms with Crippen LogP contribution >= 0.6 is 0 Å². The van der Waals surface area contributed by atoms with Gasteiger partial charge in [-0.25, -0.2) is 4.79 Å². The molecule has 0 heterocycles. The summed E-state index contributed by atoms with van der Waals surface area (Å²) >= 11 is 0. The fraction of sp³-hybridized carbons (Fsp3) is 0.242. The number of hydrogen-bond donors (Lipinski definition) is 0. The summed E-state index contributed by atoms with van der Waals surface area (Å²) in [7, 11) is 3.09. The molecule has 4 aromatic rings. The quantitative estimate of drug-likeness (QED) is 0.200. The molecule has 0 bridgehead atoms. The van der Waals surface area contributed by atoms with Crippen molar-refractivity contribution in [2.45, 2.75) is 39.6 Å². The van der Waals surface area contributed by atoms with Crippen LogP contribution in [-0.4, -0.2) is 25.8 Å². The summed E-state index contributed by atoms with van der Waals surface area (Å²) in [5.41, 5.74) is 3.01. The first-order valence-electron chi connectivity index (χ1n) is 12.7. The molecule has 0 radical (unpaired) electrons. The topological polar surface area (TPSA) is 63.2 Å². The van der Waals surface area contributed by atoms with Crippen LogP contribution in [0.4, 0.5) is 0 Å². The highest BCUT2D eigenvalue weighted by atomic mass is 16.6. The van der Waals surface area contributed by atoms with E-state index in [4.69, 9.17) is 23.7 Å². The molecule has 0 fully saturated rings. The van der Waals surface area contributed by atoms with Gasteiger partial charge in [0.2, 0.25) is 0 Å². The molecule has 0 saturated heterocycles. The lowest BCUT2D eigenvalue weighted by Gasteiger charge is -2.22. The van der Waals surface area contributed by atoms with Gasteiger partial charge in [0, 0.05) is 11.6 Å². The van der Waals surface area contributed by atoms with Crippen LogP contribution < -0.4 is 18.9 Å². The van der Waals surface area contributed by atoms with E-state index < -0.39 is 11.6 Å². The van der Waals surface area contributed by atoms with Gasteiger partial charge >= 0.3 is 5.97 Å². The predicted molar refractivity (Wildman–Crippen MR) is 152 cm³/mol. The Hall–Kier alpha value is -4.45. The van der Waals surface area contributed by atoms with Gasteiger partial charge in [0.15, 0.2) is 11.5 Å². The van der Waals surface area contributed by atoms with Gasteiger partial charge in [-0.15, -0.1) is 0 Å². The fourth-order valence-corrected chi connectivity index (χ4v) is 4.01. The molecule has 0 aromatic heterocycles. The van der Waals surface area contributed by atoms with Crippen molar-refractivity contribution in [3.63, 3.8) is 0 Å². The Kier molecular flexibility index (Phi) is 8.77. The second-order valence-corrected chi connectivity index (χ2v) is 9.96. The fourth-order valence-electron chi connectivity index (χ4n) is 4.01. The van der Waals surface area contributed by atoms with Crippen molar-refractivity contribution in [1.82, 2.24) is 0 Å². The van der Waals surface area contributed by atoms with Crippen LogP contribution in [-0.2, 0) is 18.0 Å². The third-order valence-electron chi connectivity index (χ3n) is 5.86. The molecule has 4 aromatic carbocycles. The highest BCUT2D eigenvalue weighted by Gasteiger charge is 2.26. The number of methoxy groups -OCH3 is 2. The number of carbonyl (C=O) groups is 1. The van der Waals surface area contributed by atoms with Crippen LogP contribution in [0.25, 0.3) is 11.1 Å². The first-order chi connectivity index (χ1) is 18.8. The molecular weight excluding hydrogens is 492 g/mol. The maximum Gasteiger partial charge on any atom is 0.343 e. The zero-order valence-electron chi connectivity index (χ0n) is 23.0. The maximum absolute atomic E-state index is 13.4. The van der Waals surface area contributed by atoms with Crippen LogP contribution in [0.1, 0.15) is 42.3 Å². The zero-order valence-corrected chi connectivity index (χ0v) is 23.0. The van der Waals surface area contributed by atoms with Crippen molar-refractivity contribution in [1.29, 1.82) is 0 Å². The summed E-state index contributed by atoms with van der Waals surface area (Å²) in [4.78, 5) is 13.4. The molecule has 4 rings (SSSR count). The van der Waals surface area contributed by atoms with Crippen LogP contribution in [0.3, 0.4) is 0 Å². The average molecular weight is 527 g/mol. The number of rotatable bonds is 10. The minimum Gasteiger partial charge on any atom is -0.497 e. The van der Waals surface area contributed by atoms with Gasteiger partial charge in [0.05, 0.1) is 14.2 Å². The first kappa shape index (κ1) is 27.6. The third-order valence-corrected chi connectivity index (χ3v) is 5.86. The summed E-state index contributed by atoms with van der Waals surface area (Å²) in [6.45, 7) is 6.23. The Bertz CT molecular complexity index is 1390. The molecule has 6 heteroatoms. The second kappa shape index (κ2) is 12.4. The molecule has 0 N–H and O–H groups in total.